The third-order valence-electron chi connectivity index (χ3n) is 4.31. The first-order chi connectivity index (χ1) is 8.12. The zero-order valence-corrected chi connectivity index (χ0v) is 11.9. The second kappa shape index (κ2) is 4.24. The van der Waals surface area contributed by atoms with E-state index in [1.807, 2.05) is 6.07 Å². The van der Waals surface area contributed by atoms with E-state index in [0.717, 1.165) is 29.2 Å². The van der Waals surface area contributed by atoms with Gasteiger partial charge in [-0.25, -0.2) is 4.39 Å². The molecule has 2 fully saturated rings. The van der Waals surface area contributed by atoms with E-state index in [2.05, 4.69) is 15.9 Å². The Bertz CT molecular complexity index is 436. The molecule has 0 heterocycles. The Morgan fingerprint density at radius 1 is 1.35 bits per heavy atom. The number of rotatable bonds is 3. The van der Waals surface area contributed by atoms with Gasteiger partial charge in [-0.2, -0.15) is 0 Å². The fourth-order valence-electron chi connectivity index (χ4n) is 3.39. The fraction of sp³-hybridized carbons (Fsp3) is 0.571. The highest BCUT2D eigenvalue weighted by molar-refractivity contribution is 9.09. The summed E-state index contributed by atoms with van der Waals surface area (Å²) >= 11 is 9.50. The molecule has 17 heavy (non-hydrogen) atoms. The van der Waals surface area contributed by atoms with Crippen molar-refractivity contribution in [2.45, 2.75) is 25.7 Å². The standard InChI is InChI=1S/C14H15BrClF/c15-8-14(6-10-4-11(10)7-14)5-9-1-2-13(17)12(16)3-9/h1-3,10-11H,4-8H2. The van der Waals surface area contributed by atoms with Crippen LogP contribution in [-0.2, 0) is 6.42 Å². The molecule has 2 unspecified atom stereocenters. The van der Waals surface area contributed by atoms with Crippen LogP contribution >= 0.6 is 27.5 Å². The van der Waals surface area contributed by atoms with Crippen molar-refractivity contribution >= 4 is 27.5 Å². The van der Waals surface area contributed by atoms with Crippen LogP contribution in [0.25, 0.3) is 0 Å². The normalized spacial score (nSPS) is 34.8. The first-order valence-corrected chi connectivity index (χ1v) is 7.62. The van der Waals surface area contributed by atoms with E-state index in [4.69, 9.17) is 11.6 Å². The molecule has 2 aliphatic rings. The number of hydrogen-bond acceptors (Lipinski definition) is 0. The average Bonchev–Trinajstić information content (AvgIpc) is 2.93. The lowest BCUT2D eigenvalue weighted by molar-refractivity contribution is 0.308. The summed E-state index contributed by atoms with van der Waals surface area (Å²) < 4.78 is 13.1. The first-order valence-electron chi connectivity index (χ1n) is 6.12. The van der Waals surface area contributed by atoms with Crippen molar-refractivity contribution in [3.05, 3.63) is 34.6 Å². The van der Waals surface area contributed by atoms with Crippen LogP contribution in [0.2, 0.25) is 5.02 Å². The van der Waals surface area contributed by atoms with E-state index in [-0.39, 0.29) is 10.8 Å². The van der Waals surface area contributed by atoms with Gasteiger partial charge in [-0.3, -0.25) is 0 Å². The predicted octanol–water partition coefficient (Wildman–Crippen LogP) is 4.83. The maximum absolute atomic E-state index is 13.1. The quantitative estimate of drug-likeness (QED) is 0.700. The third kappa shape index (κ3) is 2.26. The van der Waals surface area contributed by atoms with Gasteiger partial charge in [0.1, 0.15) is 5.82 Å². The zero-order chi connectivity index (χ0) is 12.0. The van der Waals surface area contributed by atoms with Gasteiger partial charge in [0, 0.05) is 5.33 Å². The number of benzene rings is 1. The van der Waals surface area contributed by atoms with Gasteiger partial charge in [-0.15, -0.1) is 0 Å². The van der Waals surface area contributed by atoms with Gasteiger partial charge in [0.15, 0.2) is 0 Å². The molecule has 0 aliphatic heterocycles. The zero-order valence-electron chi connectivity index (χ0n) is 9.56. The Kier molecular flexibility index (Phi) is 2.99. The number of halogens is 3. The smallest absolute Gasteiger partial charge is 0.141 e. The van der Waals surface area contributed by atoms with Crippen molar-refractivity contribution in [3.8, 4) is 0 Å². The van der Waals surface area contributed by atoms with Crippen LogP contribution in [0.15, 0.2) is 18.2 Å². The summed E-state index contributed by atoms with van der Waals surface area (Å²) in [4.78, 5) is 0. The number of fused-ring (bicyclic) bond motifs is 1. The average molecular weight is 318 g/mol. The van der Waals surface area contributed by atoms with Crippen molar-refractivity contribution in [2.24, 2.45) is 17.3 Å². The molecule has 2 saturated carbocycles. The minimum absolute atomic E-state index is 0.246. The molecule has 0 spiro atoms. The van der Waals surface area contributed by atoms with Gasteiger partial charge in [0.25, 0.3) is 0 Å². The van der Waals surface area contributed by atoms with Gasteiger partial charge in [0.2, 0.25) is 0 Å². The van der Waals surface area contributed by atoms with Gasteiger partial charge in [0.05, 0.1) is 5.02 Å². The number of alkyl halides is 1. The largest absolute Gasteiger partial charge is 0.205 e. The van der Waals surface area contributed by atoms with E-state index >= 15 is 0 Å². The van der Waals surface area contributed by atoms with Gasteiger partial charge < -0.3 is 0 Å². The monoisotopic (exact) mass is 316 g/mol. The van der Waals surface area contributed by atoms with E-state index in [0.29, 0.717) is 5.41 Å². The molecule has 1 aromatic carbocycles. The van der Waals surface area contributed by atoms with Crippen molar-refractivity contribution in [3.63, 3.8) is 0 Å². The SMILES string of the molecule is Fc1ccc(CC2(CBr)CC3CC3C2)cc1Cl. The Morgan fingerprint density at radius 2 is 2.06 bits per heavy atom. The molecule has 0 amide bonds. The maximum atomic E-state index is 13.1. The van der Waals surface area contributed by atoms with Crippen molar-refractivity contribution in [1.29, 1.82) is 0 Å². The molecule has 2 aliphatic carbocycles. The van der Waals surface area contributed by atoms with Crippen molar-refractivity contribution in [2.75, 3.05) is 5.33 Å². The molecular weight excluding hydrogens is 303 g/mol. The highest BCUT2D eigenvalue weighted by Gasteiger charge is 2.52. The Morgan fingerprint density at radius 3 is 2.65 bits per heavy atom. The molecule has 1 aromatic rings. The minimum Gasteiger partial charge on any atom is -0.205 e. The van der Waals surface area contributed by atoms with Crippen LogP contribution in [-0.4, -0.2) is 5.33 Å². The topological polar surface area (TPSA) is 0 Å². The van der Waals surface area contributed by atoms with Crippen LogP contribution in [0, 0.1) is 23.1 Å². The Balaban J connectivity index is 1.78. The lowest BCUT2D eigenvalue weighted by atomic mass is 9.79. The van der Waals surface area contributed by atoms with Gasteiger partial charge in [-0.1, -0.05) is 33.6 Å². The summed E-state index contributed by atoms with van der Waals surface area (Å²) in [5, 5.41) is 1.29. The van der Waals surface area contributed by atoms with Crippen LogP contribution in [0.5, 0.6) is 0 Å². The van der Waals surface area contributed by atoms with E-state index < -0.39 is 0 Å². The van der Waals surface area contributed by atoms with Crippen molar-refractivity contribution in [1.82, 2.24) is 0 Å². The second-order valence-electron chi connectivity index (χ2n) is 5.72. The summed E-state index contributed by atoms with van der Waals surface area (Å²) in [5.74, 6) is 1.60. The number of hydrogen-bond donors (Lipinski definition) is 0. The van der Waals surface area contributed by atoms with Crippen LogP contribution < -0.4 is 0 Å². The molecule has 0 N–H and O–H groups in total. The molecular formula is C14H15BrClF. The molecule has 0 aromatic heterocycles. The van der Waals surface area contributed by atoms with Crippen LogP contribution in [0.4, 0.5) is 4.39 Å². The summed E-state index contributed by atoms with van der Waals surface area (Å²) in [6.07, 6.45) is 5.08. The van der Waals surface area contributed by atoms with E-state index in [1.165, 1.54) is 25.3 Å². The molecule has 0 bridgehead atoms. The first kappa shape index (κ1) is 12.0. The summed E-state index contributed by atoms with van der Waals surface area (Å²) in [5.41, 5.74) is 1.55. The van der Waals surface area contributed by atoms with E-state index in [1.54, 1.807) is 6.07 Å². The lowest BCUT2D eigenvalue weighted by Crippen LogP contribution is -2.23. The summed E-state index contributed by atoms with van der Waals surface area (Å²) in [7, 11) is 0. The van der Waals surface area contributed by atoms with Crippen LogP contribution in [0.3, 0.4) is 0 Å². The highest BCUT2D eigenvalue weighted by Crippen LogP contribution is 2.61. The van der Waals surface area contributed by atoms with Gasteiger partial charge in [-0.05, 0) is 60.6 Å². The fourth-order valence-corrected chi connectivity index (χ4v) is 4.25. The van der Waals surface area contributed by atoms with Crippen LogP contribution in [0.1, 0.15) is 24.8 Å². The second-order valence-corrected chi connectivity index (χ2v) is 6.69. The predicted molar refractivity (Wildman–Crippen MR) is 72.2 cm³/mol. The molecule has 0 saturated heterocycles. The summed E-state index contributed by atoms with van der Waals surface area (Å²) in [6, 6.07) is 5.14. The summed E-state index contributed by atoms with van der Waals surface area (Å²) in [6.45, 7) is 0. The van der Waals surface area contributed by atoms with E-state index in [9.17, 15) is 4.39 Å². The van der Waals surface area contributed by atoms with Gasteiger partial charge >= 0.3 is 0 Å². The molecule has 0 nitrogen and oxygen atoms in total. The molecule has 0 radical (unpaired) electrons. The highest BCUT2D eigenvalue weighted by atomic mass is 79.9. The molecule has 2 atom stereocenters. The Hall–Kier alpha value is -0.0800. The molecule has 3 rings (SSSR count). The lowest BCUT2D eigenvalue weighted by Gasteiger charge is -2.29. The maximum Gasteiger partial charge on any atom is 0.141 e. The molecule has 3 heteroatoms. The third-order valence-corrected chi connectivity index (χ3v) is 5.79. The van der Waals surface area contributed by atoms with Crippen molar-refractivity contribution < 1.29 is 4.39 Å². The molecule has 92 valence electrons. The Labute approximate surface area is 115 Å². The minimum atomic E-state index is -0.322.